The number of nitrogens with zero attached hydrogens (tertiary/aromatic N) is 6. The lowest BCUT2D eigenvalue weighted by atomic mass is 9.98. The first-order chi connectivity index (χ1) is 15.9. The Morgan fingerprint density at radius 3 is 2.73 bits per heavy atom. The van der Waals surface area contributed by atoms with Crippen LogP contribution in [0.4, 0.5) is 11.6 Å². The third-order valence-corrected chi connectivity index (χ3v) is 6.09. The number of fused-ring (bicyclic) bond motifs is 1. The summed E-state index contributed by atoms with van der Waals surface area (Å²) < 4.78 is 5.44. The Balaban J connectivity index is 1.48. The van der Waals surface area contributed by atoms with Gasteiger partial charge in [-0.05, 0) is 30.7 Å². The molecule has 11 nitrogen and oxygen atoms in total. The first-order valence-corrected chi connectivity index (χ1v) is 10.7. The topological polar surface area (TPSA) is 143 Å². The lowest BCUT2D eigenvalue weighted by Gasteiger charge is -2.39. The number of carboxylic acids is 1. The Labute approximate surface area is 190 Å². The van der Waals surface area contributed by atoms with Gasteiger partial charge in [0.2, 0.25) is 16.5 Å². The number of hydrogen-bond acceptors (Lipinski definition) is 9. The number of pyridine rings is 3. The van der Waals surface area contributed by atoms with Crippen LogP contribution in [0.15, 0.2) is 47.8 Å². The Hall–Kier alpha value is -4.19. The SMILES string of the molecule is Cc1cc(N2CC(C(=O)Nc3ccccn3)C2)nc2c1c(=O)c(C(=O)O)cn2-c1ncns1. The highest BCUT2D eigenvalue weighted by atomic mass is 32.1. The van der Waals surface area contributed by atoms with Crippen LogP contribution in [-0.2, 0) is 4.79 Å². The molecule has 0 aromatic carbocycles. The highest BCUT2D eigenvalue weighted by Crippen LogP contribution is 2.28. The number of carbonyl (C=O) groups excluding carboxylic acids is 1. The fraction of sp³-hybridized carbons (Fsp3) is 0.190. The molecule has 4 aromatic rings. The van der Waals surface area contributed by atoms with Crippen molar-refractivity contribution < 1.29 is 14.7 Å². The van der Waals surface area contributed by atoms with Crippen LogP contribution in [0.5, 0.6) is 0 Å². The molecule has 0 atom stereocenters. The van der Waals surface area contributed by atoms with Crippen molar-refractivity contribution in [3.8, 4) is 5.13 Å². The van der Waals surface area contributed by atoms with E-state index in [-0.39, 0.29) is 28.4 Å². The predicted octanol–water partition coefficient (Wildman–Crippen LogP) is 1.71. The van der Waals surface area contributed by atoms with Gasteiger partial charge in [0.05, 0.1) is 11.3 Å². The second-order valence-corrected chi connectivity index (χ2v) is 8.33. The smallest absolute Gasteiger partial charge is 0.341 e. The van der Waals surface area contributed by atoms with E-state index in [2.05, 4.69) is 24.6 Å². The molecule has 1 fully saturated rings. The molecular weight excluding hydrogens is 446 g/mol. The number of hydrogen-bond donors (Lipinski definition) is 2. The summed E-state index contributed by atoms with van der Waals surface area (Å²) in [5.41, 5.74) is -0.0995. The quantitative estimate of drug-likeness (QED) is 0.452. The molecule has 166 valence electrons. The molecule has 1 aliphatic rings. The largest absolute Gasteiger partial charge is 0.477 e. The molecular formula is C21H17N7O4S. The molecule has 33 heavy (non-hydrogen) atoms. The van der Waals surface area contributed by atoms with E-state index in [0.29, 0.717) is 35.4 Å². The third-order valence-electron chi connectivity index (χ3n) is 5.42. The van der Waals surface area contributed by atoms with Gasteiger partial charge >= 0.3 is 5.97 Å². The minimum Gasteiger partial charge on any atom is -0.477 e. The Morgan fingerprint density at radius 1 is 1.24 bits per heavy atom. The molecule has 4 aromatic heterocycles. The minimum absolute atomic E-state index is 0.126. The molecule has 0 bridgehead atoms. The van der Waals surface area contributed by atoms with Gasteiger partial charge in [-0.3, -0.25) is 14.2 Å². The molecule has 0 spiro atoms. The maximum Gasteiger partial charge on any atom is 0.341 e. The van der Waals surface area contributed by atoms with E-state index in [1.165, 1.54) is 17.1 Å². The number of aryl methyl sites for hydroxylation is 1. The van der Waals surface area contributed by atoms with Gasteiger partial charge in [-0.1, -0.05) is 6.07 Å². The number of amides is 1. The average molecular weight is 463 g/mol. The number of anilines is 2. The molecule has 0 radical (unpaired) electrons. The molecule has 5 rings (SSSR count). The van der Waals surface area contributed by atoms with E-state index < -0.39 is 11.4 Å². The highest BCUT2D eigenvalue weighted by Gasteiger charge is 2.34. The molecule has 1 amide bonds. The molecule has 1 saturated heterocycles. The molecule has 1 aliphatic heterocycles. The van der Waals surface area contributed by atoms with Crippen molar-refractivity contribution in [1.82, 2.24) is 23.9 Å². The second-order valence-electron chi connectivity index (χ2n) is 7.57. The summed E-state index contributed by atoms with van der Waals surface area (Å²) >= 11 is 1.06. The van der Waals surface area contributed by atoms with Crippen LogP contribution in [0, 0.1) is 12.8 Å². The molecule has 0 unspecified atom stereocenters. The van der Waals surface area contributed by atoms with Gasteiger partial charge in [-0.15, -0.1) is 0 Å². The fourth-order valence-corrected chi connectivity index (χ4v) is 4.22. The van der Waals surface area contributed by atoms with E-state index in [1.54, 1.807) is 37.4 Å². The monoisotopic (exact) mass is 463 g/mol. The van der Waals surface area contributed by atoms with E-state index >= 15 is 0 Å². The second kappa shape index (κ2) is 8.06. The summed E-state index contributed by atoms with van der Waals surface area (Å²) in [6.45, 7) is 2.63. The number of carbonyl (C=O) groups is 2. The zero-order valence-electron chi connectivity index (χ0n) is 17.3. The summed E-state index contributed by atoms with van der Waals surface area (Å²) in [7, 11) is 0. The van der Waals surface area contributed by atoms with Crippen LogP contribution in [0.3, 0.4) is 0 Å². The molecule has 0 saturated carbocycles. The van der Waals surface area contributed by atoms with Crippen LogP contribution in [0.25, 0.3) is 16.2 Å². The number of aromatic carboxylic acids is 1. The van der Waals surface area contributed by atoms with Crippen molar-refractivity contribution >= 4 is 46.1 Å². The van der Waals surface area contributed by atoms with E-state index in [1.807, 2.05) is 4.90 Å². The summed E-state index contributed by atoms with van der Waals surface area (Å²) in [6.07, 6.45) is 4.18. The van der Waals surface area contributed by atoms with Crippen molar-refractivity contribution in [2.24, 2.45) is 5.92 Å². The maximum absolute atomic E-state index is 12.9. The van der Waals surface area contributed by atoms with Crippen LogP contribution in [0.2, 0.25) is 0 Å². The van der Waals surface area contributed by atoms with E-state index in [4.69, 9.17) is 0 Å². The van der Waals surface area contributed by atoms with Crippen molar-refractivity contribution in [2.45, 2.75) is 6.92 Å². The zero-order chi connectivity index (χ0) is 23.1. The maximum atomic E-state index is 12.9. The molecule has 0 aliphatic carbocycles. The number of aromatic nitrogens is 5. The van der Waals surface area contributed by atoms with Crippen molar-refractivity contribution in [1.29, 1.82) is 0 Å². The fourth-order valence-electron chi connectivity index (χ4n) is 3.71. The van der Waals surface area contributed by atoms with Crippen LogP contribution in [0.1, 0.15) is 15.9 Å². The normalized spacial score (nSPS) is 13.7. The molecule has 5 heterocycles. The zero-order valence-corrected chi connectivity index (χ0v) is 18.1. The molecule has 2 N–H and O–H groups in total. The van der Waals surface area contributed by atoms with Crippen molar-refractivity contribution in [3.63, 3.8) is 0 Å². The Bertz CT molecular complexity index is 1430. The molecule has 12 heteroatoms. The first kappa shape index (κ1) is 20.7. The van der Waals surface area contributed by atoms with Crippen LogP contribution < -0.4 is 15.6 Å². The number of nitrogens with one attached hydrogen (secondary N) is 1. The summed E-state index contributed by atoms with van der Waals surface area (Å²) in [5.74, 6) is -0.601. The minimum atomic E-state index is -1.33. The van der Waals surface area contributed by atoms with Gasteiger partial charge in [0.25, 0.3) is 0 Å². The van der Waals surface area contributed by atoms with Crippen molar-refractivity contribution in [2.75, 3.05) is 23.3 Å². The van der Waals surface area contributed by atoms with E-state index in [0.717, 1.165) is 11.5 Å². The third kappa shape index (κ3) is 3.69. The lowest BCUT2D eigenvalue weighted by molar-refractivity contribution is -0.120. The van der Waals surface area contributed by atoms with E-state index in [9.17, 15) is 19.5 Å². The van der Waals surface area contributed by atoms with Gasteiger partial charge in [-0.2, -0.15) is 4.37 Å². The van der Waals surface area contributed by atoms with Gasteiger partial charge < -0.3 is 15.3 Å². The summed E-state index contributed by atoms with van der Waals surface area (Å²) in [4.78, 5) is 51.8. The summed E-state index contributed by atoms with van der Waals surface area (Å²) in [5, 5.41) is 12.9. The Morgan fingerprint density at radius 2 is 2.06 bits per heavy atom. The first-order valence-electron chi connectivity index (χ1n) is 9.96. The van der Waals surface area contributed by atoms with Gasteiger partial charge in [0.1, 0.15) is 23.5 Å². The lowest BCUT2D eigenvalue weighted by Crippen LogP contribution is -2.52. The van der Waals surface area contributed by atoms with Gasteiger partial charge in [0.15, 0.2) is 5.65 Å². The van der Waals surface area contributed by atoms with Crippen LogP contribution in [-0.4, -0.2) is 54.0 Å². The number of rotatable bonds is 5. The summed E-state index contributed by atoms with van der Waals surface area (Å²) in [6, 6.07) is 7.02. The Kier molecular flexibility index (Phi) is 5.05. The van der Waals surface area contributed by atoms with Gasteiger partial charge in [-0.25, -0.2) is 19.7 Å². The predicted molar refractivity (Wildman–Crippen MR) is 121 cm³/mol. The average Bonchev–Trinajstić information content (AvgIpc) is 3.28. The van der Waals surface area contributed by atoms with Crippen LogP contribution >= 0.6 is 11.5 Å². The van der Waals surface area contributed by atoms with Gasteiger partial charge in [0, 0.05) is 37.0 Å². The highest BCUT2D eigenvalue weighted by molar-refractivity contribution is 7.08. The number of carboxylic acid groups (broad SMARTS) is 1. The standard InChI is InChI=1S/C21H17N7O4S/c1-11-6-15(27-7-12(8-27)19(30)25-14-4-2-3-5-22-14)26-18-16(11)17(29)13(20(31)32)9-28(18)21-23-10-24-33-21/h2-6,9-10,12H,7-8H2,1H3,(H,31,32)(H,22,25,30). The van der Waals surface area contributed by atoms with Crippen molar-refractivity contribution in [3.05, 3.63) is 64.3 Å².